The van der Waals surface area contributed by atoms with Crippen LogP contribution in [0.15, 0.2) is 0 Å². The van der Waals surface area contributed by atoms with Gasteiger partial charge in [-0.25, -0.2) is 0 Å². The van der Waals surface area contributed by atoms with Gasteiger partial charge in [-0.1, -0.05) is 20.8 Å². The maximum Gasteiger partial charge on any atom is 0.209 e. The fraction of sp³-hybridized carbons (Fsp3) is 0.556. The summed E-state index contributed by atoms with van der Waals surface area (Å²) in [7, 11) is 4.23. The van der Waals surface area contributed by atoms with Gasteiger partial charge >= 0.3 is 0 Å². The summed E-state index contributed by atoms with van der Waals surface area (Å²) in [4.78, 5) is 1.93. The molecule has 0 saturated carbocycles. The first kappa shape index (κ1) is 11.3. The zero-order valence-electron chi connectivity index (χ0n) is 9.84. The van der Waals surface area contributed by atoms with Crippen LogP contribution in [0.2, 0.25) is 0 Å². The van der Waals surface area contributed by atoms with Gasteiger partial charge in [-0.2, -0.15) is 10.2 Å². The zero-order chi connectivity index (χ0) is 12.0. The Balaban J connectivity index is 2.09. The smallest absolute Gasteiger partial charge is 0.155 e. The van der Waals surface area contributed by atoms with Gasteiger partial charge in [0.15, 0.2) is 0 Å². The molecule has 1 unspecified atom stereocenters. The van der Waals surface area contributed by atoms with Gasteiger partial charge in [0, 0.05) is 0 Å². The van der Waals surface area contributed by atoms with Crippen LogP contribution >= 0.6 is 22.7 Å². The summed E-state index contributed by atoms with van der Waals surface area (Å²) < 4.78 is 0. The van der Waals surface area contributed by atoms with Crippen molar-refractivity contribution in [1.82, 2.24) is 20.4 Å². The van der Waals surface area contributed by atoms with E-state index in [1.807, 2.05) is 0 Å². The van der Waals surface area contributed by atoms with Crippen LogP contribution < -0.4 is 9.81 Å². The fourth-order valence-corrected chi connectivity index (χ4v) is 3.65. The minimum Gasteiger partial charge on any atom is -0.155 e. The normalized spacial score (nSPS) is 21.5. The zero-order valence-corrected chi connectivity index (χ0v) is 11.5. The van der Waals surface area contributed by atoms with Gasteiger partial charge in [0.05, 0.1) is 9.81 Å². The molecule has 2 aromatic heterocycles. The Bertz CT molecular complexity index is 551. The molecule has 3 heterocycles. The molecule has 1 atom stereocenters. The molecular weight excluding hydrogens is 250 g/mol. The topological polar surface area (TPSA) is 51.6 Å². The summed E-state index contributed by atoms with van der Waals surface area (Å²) in [5, 5.41) is 18.9. The highest BCUT2D eigenvalue weighted by molar-refractivity contribution is 7.23. The van der Waals surface area contributed by atoms with Crippen molar-refractivity contribution in [2.75, 3.05) is 0 Å². The summed E-state index contributed by atoms with van der Waals surface area (Å²) >= 11 is 3.29. The van der Waals surface area contributed by atoms with Crippen LogP contribution in [0.1, 0.15) is 36.6 Å². The number of hydrogen-bond donors (Lipinski definition) is 0. The van der Waals surface area contributed by atoms with Crippen LogP contribution in [0.3, 0.4) is 0 Å². The molecule has 0 fully saturated rings. The Morgan fingerprint density at radius 1 is 1.06 bits per heavy atom. The predicted molar refractivity (Wildman–Crippen MR) is 72.0 cm³/mol. The maximum atomic E-state index is 4.27. The van der Waals surface area contributed by atoms with Crippen molar-refractivity contribution >= 4 is 47.0 Å². The SMILES string of the molecule is CC1[B]c2nnc(s2)C(C)(C)[B]c2nnc1s2. The summed E-state index contributed by atoms with van der Waals surface area (Å²) in [6.45, 7) is 6.37. The molecule has 2 aromatic rings. The second-order valence-corrected chi connectivity index (χ2v) is 6.80. The van der Waals surface area contributed by atoms with E-state index in [4.69, 9.17) is 0 Å². The molecule has 0 amide bonds. The third-order valence-corrected chi connectivity index (χ3v) is 5.01. The first-order chi connectivity index (χ1) is 8.04. The molecule has 0 aliphatic carbocycles. The second kappa shape index (κ2) is 3.88. The fourth-order valence-electron chi connectivity index (χ4n) is 1.71. The highest BCUT2D eigenvalue weighted by Crippen LogP contribution is 2.25. The standard InChI is InChI=1S/C9H10B2N4S2/c1-4-5-12-15-8(16-5)11-9(2,3)6-13-14-7(10-4)17-6/h4H,1-3H3. The Morgan fingerprint density at radius 3 is 2.65 bits per heavy atom. The first-order valence-corrected chi connectivity index (χ1v) is 7.06. The lowest BCUT2D eigenvalue weighted by Gasteiger charge is -2.18. The van der Waals surface area contributed by atoms with Gasteiger partial charge in [-0.05, 0) is 11.1 Å². The van der Waals surface area contributed by atoms with Crippen molar-refractivity contribution in [2.45, 2.75) is 31.9 Å². The molecule has 0 spiro atoms. The molecule has 2 radical (unpaired) electrons. The van der Waals surface area contributed by atoms with Crippen molar-refractivity contribution < 1.29 is 0 Å². The minimum atomic E-state index is -0.138. The number of rotatable bonds is 0. The third kappa shape index (κ3) is 2.04. The molecule has 84 valence electrons. The van der Waals surface area contributed by atoms with Crippen molar-refractivity contribution in [3.05, 3.63) is 10.0 Å². The number of fused-ring (bicyclic) bond motifs is 4. The van der Waals surface area contributed by atoms with Crippen molar-refractivity contribution in [2.24, 2.45) is 0 Å². The van der Waals surface area contributed by atoms with Crippen LogP contribution in [0.5, 0.6) is 0 Å². The van der Waals surface area contributed by atoms with Crippen molar-refractivity contribution in [1.29, 1.82) is 0 Å². The van der Waals surface area contributed by atoms with Gasteiger partial charge in [0.25, 0.3) is 0 Å². The number of nitrogens with zero attached hydrogens (tertiary/aromatic N) is 4. The molecule has 4 bridgehead atoms. The molecule has 17 heavy (non-hydrogen) atoms. The van der Waals surface area contributed by atoms with E-state index < -0.39 is 0 Å². The lowest BCUT2D eigenvalue weighted by Crippen LogP contribution is -2.34. The monoisotopic (exact) mass is 260 g/mol. The second-order valence-electron chi connectivity index (χ2n) is 4.75. The van der Waals surface area contributed by atoms with Crippen LogP contribution in [0, 0.1) is 0 Å². The number of hydrogen-bond acceptors (Lipinski definition) is 6. The average molecular weight is 260 g/mol. The summed E-state index contributed by atoms with van der Waals surface area (Å²) in [5.74, 6) is 0.247. The van der Waals surface area contributed by atoms with E-state index in [2.05, 4.69) is 55.7 Å². The van der Waals surface area contributed by atoms with Gasteiger partial charge in [-0.15, -0.1) is 32.9 Å². The Labute approximate surface area is 109 Å². The molecule has 1 aliphatic heterocycles. The van der Waals surface area contributed by atoms with E-state index in [1.165, 1.54) is 0 Å². The van der Waals surface area contributed by atoms with Crippen LogP contribution in [-0.4, -0.2) is 35.0 Å². The van der Waals surface area contributed by atoms with Crippen LogP contribution in [0.25, 0.3) is 0 Å². The molecule has 0 aromatic carbocycles. The van der Waals surface area contributed by atoms with Crippen molar-refractivity contribution in [3.63, 3.8) is 0 Å². The molecule has 1 aliphatic rings. The summed E-state index contributed by atoms with van der Waals surface area (Å²) in [6, 6.07) is 0. The summed E-state index contributed by atoms with van der Waals surface area (Å²) in [6.07, 6.45) is 0. The molecule has 0 N–H and O–H groups in total. The third-order valence-electron chi connectivity index (χ3n) is 2.71. The average Bonchev–Trinajstić information content (AvgIpc) is 2.85. The van der Waals surface area contributed by atoms with E-state index in [0.29, 0.717) is 0 Å². The van der Waals surface area contributed by atoms with E-state index in [1.54, 1.807) is 22.7 Å². The maximum absolute atomic E-state index is 4.27. The van der Waals surface area contributed by atoms with E-state index in [9.17, 15) is 0 Å². The van der Waals surface area contributed by atoms with Crippen LogP contribution in [0.4, 0.5) is 0 Å². The number of aromatic nitrogens is 4. The van der Waals surface area contributed by atoms with Gasteiger partial charge in [-0.3, -0.25) is 0 Å². The highest BCUT2D eigenvalue weighted by Gasteiger charge is 2.31. The van der Waals surface area contributed by atoms with Gasteiger partial charge in [0.1, 0.15) is 10.0 Å². The van der Waals surface area contributed by atoms with Gasteiger partial charge in [0.2, 0.25) is 14.6 Å². The van der Waals surface area contributed by atoms with Gasteiger partial charge < -0.3 is 0 Å². The lowest BCUT2D eigenvalue weighted by atomic mass is 9.55. The van der Waals surface area contributed by atoms with Crippen LogP contribution in [-0.2, 0) is 5.31 Å². The molecule has 4 nitrogen and oxygen atoms in total. The molecular formula is C9H10B2N4S2. The first-order valence-electron chi connectivity index (χ1n) is 5.43. The van der Waals surface area contributed by atoms with E-state index >= 15 is 0 Å². The Morgan fingerprint density at radius 2 is 1.82 bits per heavy atom. The highest BCUT2D eigenvalue weighted by atomic mass is 32.1. The Hall–Kier alpha value is -0.750. The molecule has 8 heteroatoms. The Kier molecular flexibility index (Phi) is 2.59. The largest absolute Gasteiger partial charge is 0.209 e. The minimum absolute atomic E-state index is 0.138. The molecule has 3 rings (SSSR count). The lowest BCUT2D eigenvalue weighted by molar-refractivity contribution is 0.730. The predicted octanol–water partition coefficient (Wildman–Crippen LogP) is 0.0585. The molecule has 0 saturated heterocycles. The van der Waals surface area contributed by atoms with Crippen molar-refractivity contribution in [3.8, 4) is 0 Å². The van der Waals surface area contributed by atoms with E-state index in [0.717, 1.165) is 19.8 Å². The van der Waals surface area contributed by atoms with E-state index in [-0.39, 0.29) is 11.1 Å². The quantitative estimate of drug-likeness (QED) is 0.628. The summed E-state index contributed by atoms with van der Waals surface area (Å²) in [5.41, 5.74) is 0.